The number of tetrazole rings is 1. The summed E-state index contributed by atoms with van der Waals surface area (Å²) in [6, 6.07) is 14.1. The van der Waals surface area contributed by atoms with Crippen LogP contribution in [-0.2, 0) is 0 Å². The van der Waals surface area contributed by atoms with Crippen LogP contribution in [0.5, 0.6) is 0 Å². The average Bonchev–Trinajstić information content (AvgIpc) is 2.97. The van der Waals surface area contributed by atoms with E-state index in [0.29, 0.717) is 16.0 Å². The first kappa shape index (κ1) is 13.4. The van der Waals surface area contributed by atoms with E-state index in [-0.39, 0.29) is 5.56 Å². The fraction of sp³-hybridized carbons (Fsp3) is 0. The lowest BCUT2D eigenvalue weighted by atomic mass is 10.2. The van der Waals surface area contributed by atoms with E-state index in [1.54, 1.807) is 6.07 Å². The first-order valence-electron chi connectivity index (χ1n) is 6.04. The van der Waals surface area contributed by atoms with Gasteiger partial charge in [-0.05, 0) is 44.6 Å². The maximum absolute atomic E-state index is 11.1. The molecule has 104 valence electrons. The van der Waals surface area contributed by atoms with Gasteiger partial charge in [-0.1, -0.05) is 30.3 Å². The molecule has 0 aliphatic rings. The predicted octanol–water partition coefficient (Wildman–Crippen LogP) is 2.79. The summed E-state index contributed by atoms with van der Waals surface area (Å²) in [5, 5.41) is 20.8. The molecule has 0 aliphatic carbocycles. The lowest BCUT2D eigenvalue weighted by molar-refractivity contribution is 0.0697. The van der Waals surface area contributed by atoms with Crippen molar-refractivity contribution in [1.29, 1.82) is 0 Å². The van der Waals surface area contributed by atoms with E-state index in [4.69, 9.17) is 5.11 Å². The monoisotopic (exact) mass is 344 g/mol. The number of nitrogens with zero attached hydrogens (tertiary/aromatic N) is 4. The van der Waals surface area contributed by atoms with Crippen molar-refractivity contribution in [2.24, 2.45) is 0 Å². The van der Waals surface area contributed by atoms with Crippen LogP contribution < -0.4 is 0 Å². The topological polar surface area (TPSA) is 80.9 Å². The highest BCUT2D eigenvalue weighted by atomic mass is 79.9. The van der Waals surface area contributed by atoms with Crippen LogP contribution in [0.25, 0.3) is 17.1 Å². The number of aromatic nitrogens is 4. The van der Waals surface area contributed by atoms with Crippen molar-refractivity contribution in [2.45, 2.75) is 0 Å². The van der Waals surface area contributed by atoms with Crippen LogP contribution in [0.1, 0.15) is 10.4 Å². The lowest BCUT2D eigenvalue weighted by Gasteiger charge is -2.08. The van der Waals surface area contributed by atoms with Crippen LogP contribution in [0, 0.1) is 0 Å². The third-order valence-electron chi connectivity index (χ3n) is 2.92. The van der Waals surface area contributed by atoms with Gasteiger partial charge in [-0.25, -0.2) is 4.79 Å². The molecule has 6 nitrogen and oxygen atoms in total. The molecule has 3 rings (SSSR count). The summed E-state index contributed by atoms with van der Waals surface area (Å²) in [6.45, 7) is 0. The zero-order valence-electron chi connectivity index (χ0n) is 10.6. The second-order valence-electron chi connectivity index (χ2n) is 4.25. The van der Waals surface area contributed by atoms with Gasteiger partial charge in [0.1, 0.15) is 0 Å². The summed E-state index contributed by atoms with van der Waals surface area (Å²) >= 11 is 3.40. The summed E-state index contributed by atoms with van der Waals surface area (Å²) in [5.74, 6) is -0.461. The van der Waals surface area contributed by atoms with E-state index in [2.05, 4.69) is 31.5 Å². The molecule has 2 aromatic carbocycles. The molecule has 0 spiro atoms. The smallest absolute Gasteiger partial charge is 0.335 e. The second kappa shape index (κ2) is 5.45. The van der Waals surface area contributed by atoms with Gasteiger partial charge in [-0.2, -0.15) is 4.68 Å². The van der Waals surface area contributed by atoms with E-state index in [9.17, 15) is 4.79 Å². The van der Waals surface area contributed by atoms with Crippen LogP contribution in [0.3, 0.4) is 0 Å². The number of rotatable bonds is 3. The molecule has 7 heteroatoms. The molecule has 3 aromatic rings. The number of carboxylic acids is 1. The summed E-state index contributed by atoms with van der Waals surface area (Å²) in [4.78, 5) is 11.1. The first-order valence-corrected chi connectivity index (χ1v) is 6.83. The SMILES string of the molecule is O=C(O)c1ccc(Br)c(-n2nnnc2-c2ccccc2)c1. The van der Waals surface area contributed by atoms with E-state index >= 15 is 0 Å². The maximum Gasteiger partial charge on any atom is 0.335 e. The van der Waals surface area contributed by atoms with Gasteiger partial charge in [-0.3, -0.25) is 0 Å². The van der Waals surface area contributed by atoms with Gasteiger partial charge in [0.25, 0.3) is 0 Å². The average molecular weight is 345 g/mol. The molecule has 0 amide bonds. The van der Waals surface area contributed by atoms with Crippen molar-refractivity contribution in [1.82, 2.24) is 20.2 Å². The Morgan fingerprint density at radius 1 is 1.14 bits per heavy atom. The number of aromatic carboxylic acids is 1. The van der Waals surface area contributed by atoms with Crippen molar-refractivity contribution in [2.75, 3.05) is 0 Å². The number of benzene rings is 2. The Balaban J connectivity index is 2.17. The highest BCUT2D eigenvalue weighted by Crippen LogP contribution is 2.26. The van der Waals surface area contributed by atoms with Crippen molar-refractivity contribution < 1.29 is 9.90 Å². The molecule has 0 fully saturated rings. The predicted molar refractivity (Wildman–Crippen MR) is 79.2 cm³/mol. The molecule has 0 aliphatic heterocycles. The Labute approximate surface area is 128 Å². The molecule has 0 saturated heterocycles. The maximum atomic E-state index is 11.1. The minimum Gasteiger partial charge on any atom is -0.478 e. The minimum atomic E-state index is -1.00. The van der Waals surface area contributed by atoms with Crippen molar-refractivity contribution in [3.63, 3.8) is 0 Å². The highest BCUT2D eigenvalue weighted by Gasteiger charge is 2.15. The normalized spacial score (nSPS) is 10.5. The number of halogens is 1. The van der Waals surface area contributed by atoms with Crippen LogP contribution in [0.15, 0.2) is 53.0 Å². The van der Waals surface area contributed by atoms with E-state index in [0.717, 1.165) is 5.56 Å². The fourth-order valence-electron chi connectivity index (χ4n) is 1.92. The Morgan fingerprint density at radius 2 is 1.90 bits per heavy atom. The molecule has 0 radical (unpaired) electrons. The molecule has 1 aromatic heterocycles. The Morgan fingerprint density at radius 3 is 2.62 bits per heavy atom. The van der Waals surface area contributed by atoms with Crippen molar-refractivity contribution >= 4 is 21.9 Å². The number of carboxylic acid groups (broad SMARTS) is 1. The summed E-state index contributed by atoms with van der Waals surface area (Å²) < 4.78 is 2.21. The Kier molecular flexibility index (Phi) is 3.49. The minimum absolute atomic E-state index is 0.169. The standard InChI is InChI=1S/C14H9BrN4O2/c15-11-7-6-10(14(20)21)8-12(11)19-13(16-17-18-19)9-4-2-1-3-5-9/h1-8H,(H,20,21). The molecule has 1 N–H and O–H groups in total. The zero-order chi connectivity index (χ0) is 14.8. The lowest BCUT2D eigenvalue weighted by Crippen LogP contribution is -2.04. The van der Waals surface area contributed by atoms with Gasteiger partial charge in [0.05, 0.1) is 11.3 Å². The molecular formula is C14H9BrN4O2. The van der Waals surface area contributed by atoms with Gasteiger partial charge >= 0.3 is 5.97 Å². The second-order valence-corrected chi connectivity index (χ2v) is 5.11. The Hall–Kier alpha value is -2.54. The number of hydrogen-bond donors (Lipinski definition) is 1. The summed E-state index contributed by atoms with van der Waals surface area (Å²) in [5.41, 5.74) is 1.58. The van der Waals surface area contributed by atoms with E-state index in [1.807, 2.05) is 30.3 Å². The third kappa shape index (κ3) is 2.55. The van der Waals surface area contributed by atoms with Crippen LogP contribution in [0.2, 0.25) is 0 Å². The molecule has 0 atom stereocenters. The number of carbonyl (C=O) groups is 1. The van der Waals surface area contributed by atoms with Gasteiger partial charge in [0.15, 0.2) is 5.82 Å². The summed E-state index contributed by atoms with van der Waals surface area (Å²) in [7, 11) is 0. The molecule has 21 heavy (non-hydrogen) atoms. The molecule has 0 bridgehead atoms. The van der Waals surface area contributed by atoms with Crippen LogP contribution >= 0.6 is 15.9 Å². The van der Waals surface area contributed by atoms with Crippen molar-refractivity contribution in [3.8, 4) is 17.1 Å². The molecule has 0 saturated carbocycles. The number of hydrogen-bond acceptors (Lipinski definition) is 4. The fourth-order valence-corrected chi connectivity index (χ4v) is 2.34. The first-order chi connectivity index (χ1) is 10.2. The van der Waals surface area contributed by atoms with Crippen LogP contribution in [-0.4, -0.2) is 31.3 Å². The van der Waals surface area contributed by atoms with E-state index in [1.165, 1.54) is 16.8 Å². The Bertz CT molecular complexity index is 802. The highest BCUT2D eigenvalue weighted by molar-refractivity contribution is 9.10. The van der Waals surface area contributed by atoms with Crippen molar-refractivity contribution in [3.05, 3.63) is 58.6 Å². The quantitative estimate of drug-likeness (QED) is 0.789. The van der Waals surface area contributed by atoms with Gasteiger partial charge in [0, 0.05) is 10.0 Å². The largest absolute Gasteiger partial charge is 0.478 e. The van der Waals surface area contributed by atoms with E-state index < -0.39 is 5.97 Å². The molecular weight excluding hydrogens is 336 g/mol. The molecule has 0 unspecified atom stereocenters. The van der Waals surface area contributed by atoms with Gasteiger partial charge < -0.3 is 5.11 Å². The van der Waals surface area contributed by atoms with Gasteiger partial charge in [-0.15, -0.1) is 5.10 Å². The zero-order valence-corrected chi connectivity index (χ0v) is 12.2. The van der Waals surface area contributed by atoms with Crippen LogP contribution in [0.4, 0.5) is 0 Å². The summed E-state index contributed by atoms with van der Waals surface area (Å²) in [6.07, 6.45) is 0. The molecule has 1 heterocycles. The third-order valence-corrected chi connectivity index (χ3v) is 3.59. The van der Waals surface area contributed by atoms with Gasteiger partial charge in [0.2, 0.25) is 0 Å².